The highest BCUT2D eigenvalue weighted by molar-refractivity contribution is 5.99. The molecule has 2 atom stereocenters. The Morgan fingerprint density at radius 2 is 1.90 bits per heavy atom. The molecule has 2 saturated heterocycles. The number of hydrogen-bond acceptors (Lipinski definition) is 3. The molecule has 1 N–H and O–H groups in total. The molecule has 0 spiro atoms. The van der Waals surface area contributed by atoms with Crippen LogP contribution in [-0.2, 0) is 9.59 Å². The van der Waals surface area contributed by atoms with Gasteiger partial charge in [-0.3, -0.25) is 9.59 Å². The van der Waals surface area contributed by atoms with Crippen LogP contribution in [0, 0.1) is 5.92 Å². The third kappa shape index (κ3) is 2.93. The van der Waals surface area contributed by atoms with E-state index in [0.717, 1.165) is 26.1 Å². The molecule has 5 nitrogen and oxygen atoms in total. The summed E-state index contributed by atoms with van der Waals surface area (Å²) in [7, 11) is 2.12. The second-order valence-corrected chi connectivity index (χ2v) is 6.58. The number of carbonyl (C=O) groups is 2. The first-order valence-electron chi connectivity index (χ1n) is 8.29. The average molecular weight is 295 g/mol. The van der Waals surface area contributed by atoms with Gasteiger partial charge in [0.05, 0.1) is 0 Å². The van der Waals surface area contributed by atoms with Crippen molar-refractivity contribution in [2.75, 3.05) is 26.7 Å². The number of amides is 2. The van der Waals surface area contributed by atoms with Gasteiger partial charge in [-0.15, -0.1) is 0 Å². The van der Waals surface area contributed by atoms with E-state index in [9.17, 15) is 9.59 Å². The monoisotopic (exact) mass is 295 g/mol. The molecule has 0 aliphatic carbocycles. The summed E-state index contributed by atoms with van der Waals surface area (Å²) in [4.78, 5) is 29.6. The van der Waals surface area contributed by atoms with E-state index < -0.39 is 5.54 Å². The quantitative estimate of drug-likeness (QED) is 0.830. The van der Waals surface area contributed by atoms with Crippen LogP contribution in [0.3, 0.4) is 0 Å². The highest BCUT2D eigenvalue weighted by Gasteiger charge is 2.48. The van der Waals surface area contributed by atoms with Crippen molar-refractivity contribution in [3.05, 3.63) is 0 Å². The molecule has 2 aliphatic rings. The maximum atomic E-state index is 13.0. The molecule has 2 aliphatic heterocycles. The first-order chi connectivity index (χ1) is 9.97. The van der Waals surface area contributed by atoms with Crippen LogP contribution in [0.15, 0.2) is 0 Å². The Morgan fingerprint density at radius 1 is 1.24 bits per heavy atom. The highest BCUT2D eigenvalue weighted by atomic mass is 16.2. The normalized spacial score (nSPS) is 29.8. The lowest BCUT2D eigenvalue weighted by atomic mass is 9.86. The van der Waals surface area contributed by atoms with Crippen LogP contribution in [0.4, 0.5) is 0 Å². The fourth-order valence-corrected chi connectivity index (χ4v) is 3.73. The molecule has 5 heteroatoms. The van der Waals surface area contributed by atoms with Gasteiger partial charge in [0.15, 0.2) is 0 Å². The van der Waals surface area contributed by atoms with Crippen LogP contribution in [0.25, 0.3) is 0 Å². The van der Waals surface area contributed by atoms with Crippen LogP contribution < -0.4 is 5.32 Å². The lowest BCUT2D eigenvalue weighted by Gasteiger charge is -2.46. The molecule has 0 aromatic heterocycles. The Bertz CT molecular complexity index is 406. The molecule has 2 fully saturated rings. The molecule has 21 heavy (non-hydrogen) atoms. The van der Waals surface area contributed by atoms with Gasteiger partial charge in [-0.2, -0.15) is 0 Å². The van der Waals surface area contributed by atoms with Gasteiger partial charge in [-0.25, -0.2) is 0 Å². The fourth-order valence-electron chi connectivity index (χ4n) is 3.73. The SMILES string of the molecule is CCC1C(=O)NC(CC)(CC)C(=O)N1CC1CCN(C)C1. The molecule has 2 unspecified atom stereocenters. The largest absolute Gasteiger partial charge is 0.340 e. The Kier molecular flexibility index (Phi) is 4.91. The number of nitrogens with zero attached hydrogens (tertiary/aromatic N) is 2. The Balaban J connectivity index is 2.20. The second kappa shape index (κ2) is 6.34. The Hall–Kier alpha value is -1.10. The molecular weight excluding hydrogens is 266 g/mol. The summed E-state index contributed by atoms with van der Waals surface area (Å²) in [5.41, 5.74) is -0.687. The summed E-state index contributed by atoms with van der Waals surface area (Å²) in [6.45, 7) is 8.77. The van der Waals surface area contributed by atoms with E-state index >= 15 is 0 Å². The van der Waals surface area contributed by atoms with E-state index in [1.807, 2.05) is 25.7 Å². The second-order valence-electron chi connectivity index (χ2n) is 6.58. The lowest BCUT2D eigenvalue weighted by molar-refractivity contribution is -0.156. The number of rotatable bonds is 5. The van der Waals surface area contributed by atoms with E-state index in [4.69, 9.17) is 0 Å². The van der Waals surface area contributed by atoms with Crippen LogP contribution >= 0.6 is 0 Å². The number of hydrogen-bond donors (Lipinski definition) is 1. The minimum atomic E-state index is -0.687. The van der Waals surface area contributed by atoms with Crippen molar-refractivity contribution in [1.82, 2.24) is 15.1 Å². The van der Waals surface area contributed by atoms with Crippen molar-refractivity contribution in [3.8, 4) is 0 Å². The van der Waals surface area contributed by atoms with Crippen molar-refractivity contribution in [3.63, 3.8) is 0 Å². The molecule has 0 aromatic carbocycles. The van der Waals surface area contributed by atoms with Crippen LogP contribution in [-0.4, -0.2) is 59.9 Å². The zero-order valence-electron chi connectivity index (χ0n) is 13.8. The molecule has 0 aromatic rings. The average Bonchev–Trinajstić information content (AvgIpc) is 2.88. The Labute approximate surface area is 128 Å². The highest BCUT2D eigenvalue weighted by Crippen LogP contribution is 2.28. The minimum Gasteiger partial charge on any atom is -0.340 e. The maximum Gasteiger partial charge on any atom is 0.248 e. The summed E-state index contributed by atoms with van der Waals surface area (Å²) in [5, 5.41) is 3.00. The fraction of sp³-hybridized carbons (Fsp3) is 0.875. The minimum absolute atomic E-state index is 0.0205. The van der Waals surface area contributed by atoms with Gasteiger partial charge < -0.3 is 15.1 Å². The number of carbonyl (C=O) groups excluding carboxylic acids is 2. The van der Waals surface area contributed by atoms with Gasteiger partial charge in [0, 0.05) is 13.1 Å². The van der Waals surface area contributed by atoms with Crippen molar-refractivity contribution < 1.29 is 9.59 Å². The van der Waals surface area contributed by atoms with Crippen molar-refractivity contribution >= 4 is 11.8 Å². The summed E-state index contributed by atoms with van der Waals surface area (Å²) in [6.07, 6.45) is 3.12. The van der Waals surface area contributed by atoms with Gasteiger partial charge in [-0.1, -0.05) is 20.8 Å². The van der Waals surface area contributed by atoms with Crippen LogP contribution in [0.5, 0.6) is 0 Å². The zero-order chi connectivity index (χ0) is 15.6. The number of likely N-dealkylation sites (tertiary alicyclic amines) is 1. The number of nitrogens with one attached hydrogen (secondary N) is 1. The molecule has 0 saturated carbocycles. The van der Waals surface area contributed by atoms with E-state index in [1.54, 1.807) is 0 Å². The first-order valence-corrected chi connectivity index (χ1v) is 8.29. The maximum absolute atomic E-state index is 13.0. The summed E-state index contributed by atoms with van der Waals surface area (Å²) in [5.74, 6) is 0.631. The molecule has 2 heterocycles. The topological polar surface area (TPSA) is 52.7 Å². The van der Waals surface area contributed by atoms with Crippen molar-refractivity contribution in [1.29, 1.82) is 0 Å². The third-order valence-corrected chi connectivity index (χ3v) is 5.25. The van der Waals surface area contributed by atoms with Crippen LogP contribution in [0.2, 0.25) is 0 Å². The molecule has 0 bridgehead atoms. The third-order valence-electron chi connectivity index (χ3n) is 5.25. The van der Waals surface area contributed by atoms with E-state index in [1.165, 1.54) is 0 Å². The molecule has 0 radical (unpaired) electrons. The first kappa shape index (κ1) is 16.3. The van der Waals surface area contributed by atoms with Gasteiger partial charge in [0.2, 0.25) is 11.8 Å². The smallest absolute Gasteiger partial charge is 0.248 e. The van der Waals surface area contributed by atoms with Gasteiger partial charge in [-0.05, 0) is 45.2 Å². The van der Waals surface area contributed by atoms with E-state index in [-0.39, 0.29) is 17.9 Å². The summed E-state index contributed by atoms with van der Waals surface area (Å²) < 4.78 is 0. The molecule has 2 amide bonds. The predicted molar refractivity (Wildman–Crippen MR) is 82.9 cm³/mol. The zero-order valence-corrected chi connectivity index (χ0v) is 13.8. The standard InChI is InChI=1S/C16H29N3O2/c1-5-13-14(20)17-16(6-2,7-3)15(21)19(13)11-12-8-9-18(4)10-12/h12-13H,5-11H2,1-4H3,(H,17,20). The summed E-state index contributed by atoms with van der Waals surface area (Å²) >= 11 is 0. The van der Waals surface area contributed by atoms with Crippen molar-refractivity contribution in [2.45, 2.75) is 58.0 Å². The van der Waals surface area contributed by atoms with E-state index in [0.29, 0.717) is 25.2 Å². The number of piperazine rings is 1. The van der Waals surface area contributed by atoms with Crippen molar-refractivity contribution in [2.24, 2.45) is 5.92 Å². The lowest BCUT2D eigenvalue weighted by Crippen LogP contribution is -2.70. The van der Waals surface area contributed by atoms with Gasteiger partial charge in [0.25, 0.3) is 0 Å². The van der Waals surface area contributed by atoms with E-state index in [2.05, 4.69) is 17.3 Å². The summed E-state index contributed by atoms with van der Waals surface area (Å²) in [6, 6.07) is -0.297. The molecule has 120 valence electrons. The molecule has 2 rings (SSSR count). The van der Waals surface area contributed by atoms with Gasteiger partial charge in [0.1, 0.15) is 11.6 Å². The van der Waals surface area contributed by atoms with Crippen LogP contribution in [0.1, 0.15) is 46.5 Å². The Morgan fingerprint density at radius 3 is 2.38 bits per heavy atom. The molecular formula is C16H29N3O2. The predicted octanol–water partition coefficient (Wildman–Crippen LogP) is 1.23. The van der Waals surface area contributed by atoms with Gasteiger partial charge >= 0.3 is 0 Å².